The Kier molecular flexibility index (Phi) is 5.21. The molecule has 0 aromatic rings. The van der Waals surface area contributed by atoms with Gasteiger partial charge in [-0.1, -0.05) is 12.8 Å². The maximum absolute atomic E-state index is 11.1. The van der Waals surface area contributed by atoms with Gasteiger partial charge in [0.2, 0.25) is 0 Å². The van der Waals surface area contributed by atoms with Crippen molar-refractivity contribution in [2.75, 3.05) is 13.7 Å². The highest BCUT2D eigenvalue weighted by atomic mass is 16.5. The van der Waals surface area contributed by atoms with Crippen molar-refractivity contribution in [3.63, 3.8) is 0 Å². The normalized spacial score (nSPS) is 16.5. The summed E-state index contributed by atoms with van der Waals surface area (Å²) >= 11 is 0. The van der Waals surface area contributed by atoms with Gasteiger partial charge in [0.1, 0.15) is 0 Å². The van der Waals surface area contributed by atoms with E-state index in [1.165, 1.54) is 14.0 Å². The number of terminal acetylenes is 1. The van der Waals surface area contributed by atoms with E-state index in [-0.39, 0.29) is 12.6 Å². The first-order chi connectivity index (χ1) is 6.47. The summed E-state index contributed by atoms with van der Waals surface area (Å²) < 4.78 is 4.43. The Morgan fingerprint density at radius 3 is 2.71 bits per heavy atom. The van der Waals surface area contributed by atoms with Crippen LogP contribution in [0.4, 0.5) is 0 Å². The zero-order valence-corrected chi connectivity index (χ0v) is 8.83. The minimum Gasteiger partial charge on any atom is -0.467 e. The second-order valence-electron chi connectivity index (χ2n) is 3.27. The average Bonchev–Trinajstić information content (AvgIpc) is 2.18. The zero-order valence-electron chi connectivity index (χ0n) is 8.83. The van der Waals surface area contributed by atoms with Crippen LogP contribution < -0.4 is 5.32 Å². The molecular formula is C10H17NO3. The van der Waals surface area contributed by atoms with Crippen LogP contribution in [0.5, 0.6) is 0 Å². The summed E-state index contributed by atoms with van der Waals surface area (Å²) in [7, 11) is 1.23. The van der Waals surface area contributed by atoms with Crippen molar-refractivity contribution in [3.05, 3.63) is 0 Å². The Bertz CT molecular complexity index is 230. The number of aliphatic hydroxyl groups is 1. The first kappa shape index (κ1) is 12.9. The van der Waals surface area contributed by atoms with Gasteiger partial charge in [0.15, 0.2) is 5.60 Å². The Labute approximate surface area is 84.6 Å². The van der Waals surface area contributed by atoms with E-state index in [1.54, 1.807) is 0 Å². The molecule has 14 heavy (non-hydrogen) atoms. The molecule has 0 spiro atoms. The van der Waals surface area contributed by atoms with E-state index < -0.39 is 11.6 Å². The van der Waals surface area contributed by atoms with E-state index in [9.17, 15) is 9.90 Å². The molecule has 0 aliphatic heterocycles. The van der Waals surface area contributed by atoms with Crippen LogP contribution in [0.25, 0.3) is 0 Å². The Morgan fingerprint density at radius 2 is 2.36 bits per heavy atom. The predicted octanol–water partition coefficient (Wildman–Crippen LogP) is -0.0882. The van der Waals surface area contributed by atoms with Crippen LogP contribution in [-0.2, 0) is 9.53 Å². The highest BCUT2D eigenvalue weighted by molar-refractivity contribution is 5.78. The van der Waals surface area contributed by atoms with Gasteiger partial charge in [0, 0.05) is 6.54 Å². The van der Waals surface area contributed by atoms with E-state index in [0.717, 1.165) is 6.42 Å². The number of esters is 1. The van der Waals surface area contributed by atoms with Crippen molar-refractivity contribution in [1.82, 2.24) is 5.32 Å². The molecule has 0 radical (unpaired) electrons. The average molecular weight is 199 g/mol. The molecule has 0 aliphatic rings. The van der Waals surface area contributed by atoms with Gasteiger partial charge in [-0.15, -0.1) is 6.42 Å². The number of carbonyl (C=O) groups is 1. The molecule has 2 N–H and O–H groups in total. The molecule has 0 rings (SSSR count). The number of methoxy groups -OCH3 is 1. The summed E-state index contributed by atoms with van der Waals surface area (Å²) in [5.41, 5.74) is -1.53. The van der Waals surface area contributed by atoms with Gasteiger partial charge in [-0.3, -0.25) is 0 Å². The number of hydrogen-bond acceptors (Lipinski definition) is 4. The van der Waals surface area contributed by atoms with Gasteiger partial charge >= 0.3 is 5.97 Å². The van der Waals surface area contributed by atoms with Crippen molar-refractivity contribution in [1.29, 1.82) is 0 Å². The third-order valence-electron chi connectivity index (χ3n) is 1.93. The summed E-state index contributed by atoms with van der Waals surface area (Å²) in [5, 5.41) is 12.5. The molecule has 0 amide bonds. The van der Waals surface area contributed by atoms with Crippen molar-refractivity contribution in [2.45, 2.75) is 31.9 Å². The lowest BCUT2D eigenvalue weighted by molar-refractivity contribution is -0.160. The standard InChI is InChI=1S/C10H17NO3/c1-5-8(6-2)11-7-10(3,13)9(12)14-4/h1,8,11,13H,6-7H2,2-4H3. The first-order valence-corrected chi connectivity index (χ1v) is 4.48. The maximum Gasteiger partial charge on any atom is 0.338 e. The van der Waals surface area contributed by atoms with Gasteiger partial charge < -0.3 is 15.2 Å². The second-order valence-corrected chi connectivity index (χ2v) is 3.27. The van der Waals surface area contributed by atoms with Crippen LogP contribution in [-0.4, -0.2) is 36.4 Å². The molecule has 4 heteroatoms. The van der Waals surface area contributed by atoms with Crippen molar-refractivity contribution in [2.24, 2.45) is 0 Å². The lowest BCUT2D eigenvalue weighted by atomic mass is 10.1. The van der Waals surface area contributed by atoms with Gasteiger partial charge in [0.25, 0.3) is 0 Å². The Balaban J connectivity index is 4.12. The lowest BCUT2D eigenvalue weighted by Gasteiger charge is -2.22. The fraction of sp³-hybridized carbons (Fsp3) is 0.700. The monoisotopic (exact) mass is 199 g/mol. The van der Waals surface area contributed by atoms with Gasteiger partial charge in [0.05, 0.1) is 13.2 Å². The molecule has 2 unspecified atom stereocenters. The van der Waals surface area contributed by atoms with E-state index in [1.807, 2.05) is 6.92 Å². The molecular weight excluding hydrogens is 182 g/mol. The number of hydrogen-bond donors (Lipinski definition) is 2. The molecule has 80 valence electrons. The molecule has 0 saturated carbocycles. The minimum atomic E-state index is -1.53. The van der Waals surface area contributed by atoms with Crippen LogP contribution in [0.1, 0.15) is 20.3 Å². The van der Waals surface area contributed by atoms with E-state index >= 15 is 0 Å². The van der Waals surface area contributed by atoms with Crippen molar-refractivity contribution < 1.29 is 14.6 Å². The molecule has 0 aromatic heterocycles. The van der Waals surface area contributed by atoms with Crippen LogP contribution in [0.3, 0.4) is 0 Å². The third kappa shape index (κ3) is 3.77. The first-order valence-electron chi connectivity index (χ1n) is 4.48. The van der Waals surface area contributed by atoms with Crippen molar-refractivity contribution in [3.8, 4) is 12.3 Å². The molecule has 0 aromatic carbocycles. The number of nitrogens with one attached hydrogen (secondary N) is 1. The highest BCUT2D eigenvalue weighted by Gasteiger charge is 2.31. The predicted molar refractivity (Wildman–Crippen MR) is 53.6 cm³/mol. The zero-order chi connectivity index (χ0) is 11.2. The fourth-order valence-corrected chi connectivity index (χ4v) is 0.935. The maximum atomic E-state index is 11.1. The number of carbonyl (C=O) groups excluding carboxylic acids is 1. The van der Waals surface area contributed by atoms with Crippen LogP contribution in [0, 0.1) is 12.3 Å². The smallest absolute Gasteiger partial charge is 0.338 e. The van der Waals surface area contributed by atoms with Crippen molar-refractivity contribution >= 4 is 5.97 Å². The Morgan fingerprint density at radius 1 is 1.79 bits per heavy atom. The molecule has 0 fully saturated rings. The second kappa shape index (κ2) is 5.63. The topological polar surface area (TPSA) is 58.6 Å². The quantitative estimate of drug-likeness (QED) is 0.480. The largest absolute Gasteiger partial charge is 0.467 e. The summed E-state index contributed by atoms with van der Waals surface area (Å²) in [5.74, 6) is 1.84. The highest BCUT2D eigenvalue weighted by Crippen LogP contribution is 2.04. The lowest BCUT2D eigenvalue weighted by Crippen LogP contribution is -2.48. The van der Waals surface area contributed by atoms with Gasteiger partial charge in [-0.2, -0.15) is 0 Å². The van der Waals surface area contributed by atoms with E-state index in [2.05, 4.69) is 16.0 Å². The molecule has 2 atom stereocenters. The van der Waals surface area contributed by atoms with Gasteiger partial charge in [-0.25, -0.2) is 4.79 Å². The number of rotatable bonds is 5. The SMILES string of the molecule is C#CC(CC)NCC(C)(O)C(=O)OC. The molecule has 0 heterocycles. The number of ether oxygens (including phenoxy) is 1. The summed E-state index contributed by atoms with van der Waals surface area (Å²) in [6, 6.07) is -0.133. The van der Waals surface area contributed by atoms with Crippen LogP contribution >= 0.6 is 0 Å². The third-order valence-corrected chi connectivity index (χ3v) is 1.93. The van der Waals surface area contributed by atoms with Crippen LogP contribution in [0.2, 0.25) is 0 Å². The molecule has 0 saturated heterocycles. The van der Waals surface area contributed by atoms with E-state index in [4.69, 9.17) is 6.42 Å². The van der Waals surface area contributed by atoms with E-state index in [0.29, 0.717) is 0 Å². The molecule has 0 aliphatic carbocycles. The Hall–Kier alpha value is -1.05. The molecule has 0 bridgehead atoms. The summed E-state index contributed by atoms with van der Waals surface area (Å²) in [4.78, 5) is 11.1. The minimum absolute atomic E-state index is 0.0857. The summed E-state index contributed by atoms with van der Waals surface area (Å²) in [6.07, 6.45) is 5.95. The van der Waals surface area contributed by atoms with Gasteiger partial charge in [-0.05, 0) is 13.3 Å². The molecule has 4 nitrogen and oxygen atoms in total. The fourth-order valence-electron chi connectivity index (χ4n) is 0.935. The van der Waals surface area contributed by atoms with Crippen LogP contribution in [0.15, 0.2) is 0 Å². The summed E-state index contributed by atoms with van der Waals surface area (Å²) in [6.45, 7) is 3.39.